The highest BCUT2D eigenvalue weighted by atomic mass is 32.2. The number of rotatable bonds is 6. The van der Waals surface area contributed by atoms with Crippen molar-refractivity contribution in [2.24, 2.45) is 0 Å². The Balaban J connectivity index is 0.00000240. The molecule has 0 unspecified atom stereocenters. The number of aryl methyl sites for hydroxylation is 1. The molecular formula is C19H27N5O4S. The zero-order valence-corrected chi connectivity index (χ0v) is 17.4. The molecule has 0 spiro atoms. The minimum Gasteiger partial charge on any atom is -0.480 e. The van der Waals surface area contributed by atoms with Crippen LogP contribution in [0.25, 0.3) is 5.57 Å². The average Bonchev–Trinajstić information content (AvgIpc) is 2.74. The van der Waals surface area contributed by atoms with Gasteiger partial charge in [0.05, 0.1) is 30.4 Å². The number of ether oxygens (including phenoxy) is 1. The number of nitrogens with zero attached hydrogens (tertiary/aromatic N) is 4. The first kappa shape index (κ1) is 20.9. The lowest BCUT2D eigenvalue weighted by atomic mass is 10.1. The van der Waals surface area contributed by atoms with Crippen LogP contribution in [-0.4, -0.2) is 59.5 Å². The van der Waals surface area contributed by atoms with E-state index in [2.05, 4.69) is 20.3 Å². The molecule has 2 aromatic rings. The second-order valence-corrected chi connectivity index (χ2v) is 8.70. The van der Waals surface area contributed by atoms with Crippen molar-refractivity contribution in [2.75, 3.05) is 31.3 Å². The van der Waals surface area contributed by atoms with Crippen molar-refractivity contribution in [1.29, 1.82) is 0 Å². The number of hydrogen-bond donors (Lipinski definition) is 1. The van der Waals surface area contributed by atoms with E-state index in [1.165, 1.54) is 11.4 Å². The summed E-state index contributed by atoms with van der Waals surface area (Å²) in [6.45, 7) is 4.00. The Kier molecular flexibility index (Phi) is 6.23. The van der Waals surface area contributed by atoms with Crippen LogP contribution in [0.5, 0.6) is 5.88 Å². The van der Waals surface area contributed by atoms with Crippen LogP contribution in [-0.2, 0) is 10.0 Å². The summed E-state index contributed by atoms with van der Waals surface area (Å²) in [5.74, 6) is -0.0487. The largest absolute Gasteiger partial charge is 0.480 e. The summed E-state index contributed by atoms with van der Waals surface area (Å²) in [5, 5.41) is 2.75. The Morgan fingerprint density at radius 2 is 2.17 bits per heavy atom. The van der Waals surface area contributed by atoms with E-state index in [0.29, 0.717) is 35.9 Å². The molecule has 158 valence electrons. The fourth-order valence-electron chi connectivity index (χ4n) is 2.97. The second kappa shape index (κ2) is 8.66. The highest BCUT2D eigenvalue weighted by Gasteiger charge is 2.24. The van der Waals surface area contributed by atoms with Gasteiger partial charge in [-0.05, 0) is 38.0 Å². The van der Waals surface area contributed by atoms with E-state index in [1.807, 2.05) is 6.08 Å². The van der Waals surface area contributed by atoms with E-state index in [-0.39, 0.29) is 20.8 Å². The standard InChI is InChI=1S/C19H23N5O4S.2H2/c1-4-29(26,27)24-10-7-14(8-11-24)16-12-21-13(2)17(22-16)18(25)23-15-6-5-9-20-19(15)28-3;;/h5-7,9,12H,4,8,10-11H2,1-3H3,(H,23,25);2*1H. The van der Waals surface area contributed by atoms with Gasteiger partial charge in [-0.3, -0.25) is 9.78 Å². The van der Waals surface area contributed by atoms with E-state index < -0.39 is 15.9 Å². The molecule has 1 aliphatic heterocycles. The summed E-state index contributed by atoms with van der Waals surface area (Å²) in [4.78, 5) is 25.6. The number of nitrogens with one attached hydrogen (secondary N) is 1. The lowest BCUT2D eigenvalue weighted by Crippen LogP contribution is -2.35. The quantitative estimate of drug-likeness (QED) is 0.761. The summed E-state index contributed by atoms with van der Waals surface area (Å²) < 4.78 is 30.6. The normalized spacial score (nSPS) is 14.9. The van der Waals surface area contributed by atoms with Gasteiger partial charge in [0.15, 0.2) is 0 Å². The van der Waals surface area contributed by atoms with Crippen LogP contribution >= 0.6 is 0 Å². The number of hydrogen-bond acceptors (Lipinski definition) is 7. The molecule has 0 fully saturated rings. The Labute approximate surface area is 172 Å². The highest BCUT2D eigenvalue weighted by Crippen LogP contribution is 2.24. The third-order valence-electron chi connectivity index (χ3n) is 4.64. The van der Waals surface area contributed by atoms with Gasteiger partial charge in [-0.15, -0.1) is 0 Å². The topological polar surface area (TPSA) is 114 Å². The van der Waals surface area contributed by atoms with Gasteiger partial charge in [0, 0.05) is 22.1 Å². The van der Waals surface area contributed by atoms with Gasteiger partial charge in [0.25, 0.3) is 5.91 Å². The summed E-state index contributed by atoms with van der Waals surface area (Å²) >= 11 is 0. The van der Waals surface area contributed by atoms with Crippen LogP contribution in [0.15, 0.2) is 30.6 Å². The predicted molar refractivity (Wildman–Crippen MR) is 113 cm³/mol. The number of pyridine rings is 1. The lowest BCUT2D eigenvalue weighted by molar-refractivity contribution is 0.102. The molecule has 10 heteroatoms. The molecule has 0 radical (unpaired) electrons. The summed E-state index contributed by atoms with van der Waals surface area (Å²) in [7, 11) is -1.75. The van der Waals surface area contributed by atoms with Crippen molar-refractivity contribution in [3.63, 3.8) is 0 Å². The van der Waals surface area contributed by atoms with E-state index in [4.69, 9.17) is 4.74 Å². The van der Waals surface area contributed by atoms with E-state index in [1.54, 1.807) is 38.4 Å². The molecule has 0 saturated heterocycles. The molecule has 1 N–H and O–H groups in total. The van der Waals surface area contributed by atoms with E-state index in [0.717, 1.165) is 5.57 Å². The summed E-state index contributed by atoms with van der Waals surface area (Å²) in [6.07, 6.45) is 5.50. The average molecular weight is 422 g/mol. The van der Waals surface area contributed by atoms with Gasteiger partial charge in [-0.1, -0.05) is 6.08 Å². The maximum Gasteiger partial charge on any atom is 0.276 e. The fraction of sp³-hybridized carbons (Fsp3) is 0.368. The fourth-order valence-corrected chi connectivity index (χ4v) is 4.00. The maximum atomic E-state index is 12.8. The molecule has 3 heterocycles. The SMILES string of the molecule is CCS(=O)(=O)N1CC=C(c2cnc(C)c(C(=O)Nc3cccnc3OC)n2)CC1.[HH].[HH]. The van der Waals surface area contributed by atoms with E-state index in [9.17, 15) is 13.2 Å². The number of carbonyl (C=O) groups is 1. The Bertz CT molecular complexity index is 1060. The number of sulfonamides is 1. The molecular weight excluding hydrogens is 394 g/mol. The highest BCUT2D eigenvalue weighted by molar-refractivity contribution is 7.89. The number of methoxy groups -OCH3 is 1. The number of aromatic nitrogens is 3. The van der Waals surface area contributed by atoms with E-state index >= 15 is 0 Å². The van der Waals surface area contributed by atoms with Crippen LogP contribution in [0.2, 0.25) is 0 Å². The maximum absolute atomic E-state index is 12.8. The first-order chi connectivity index (χ1) is 13.9. The number of amides is 1. The van der Waals surface area contributed by atoms with Crippen molar-refractivity contribution in [3.05, 3.63) is 47.7 Å². The van der Waals surface area contributed by atoms with Crippen LogP contribution in [0.4, 0.5) is 5.69 Å². The molecule has 29 heavy (non-hydrogen) atoms. The minimum absolute atomic E-state index is 0. The van der Waals surface area contributed by atoms with Crippen molar-refractivity contribution in [2.45, 2.75) is 20.3 Å². The first-order valence-electron chi connectivity index (χ1n) is 9.17. The van der Waals surface area contributed by atoms with Crippen LogP contribution in [0.1, 0.15) is 38.1 Å². The molecule has 0 saturated carbocycles. The van der Waals surface area contributed by atoms with Gasteiger partial charge in [0.1, 0.15) is 11.4 Å². The summed E-state index contributed by atoms with van der Waals surface area (Å²) in [5.41, 5.74) is 2.54. The third kappa shape index (κ3) is 4.60. The molecule has 0 aromatic carbocycles. The van der Waals surface area contributed by atoms with Gasteiger partial charge < -0.3 is 10.1 Å². The first-order valence-corrected chi connectivity index (χ1v) is 10.8. The van der Waals surface area contributed by atoms with Gasteiger partial charge in [0.2, 0.25) is 15.9 Å². The monoisotopic (exact) mass is 421 g/mol. The molecule has 1 amide bonds. The zero-order valence-electron chi connectivity index (χ0n) is 16.5. The van der Waals surface area contributed by atoms with Gasteiger partial charge in [-0.2, -0.15) is 4.31 Å². The molecule has 0 aliphatic carbocycles. The summed E-state index contributed by atoms with van der Waals surface area (Å²) in [6, 6.07) is 3.37. The number of carbonyl (C=O) groups excluding carboxylic acids is 1. The molecule has 9 nitrogen and oxygen atoms in total. The van der Waals surface area contributed by atoms with Crippen molar-refractivity contribution < 1.29 is 20.8 Å². The third-order valence-corrected chi connectivity index (χ3v) is 6.49. The lowest BCUT2D eigenvalue weighted by Gasteiger charge is -2.25. The van der Waals surface area contributed by atoms with Gasteiger partial charge in [-0.25, -0.2) is 18.4 Å². The van der Waals surface area contributed by atoms with Crippen LogP contribution in [0.3, 0.4) is 0 Å². The molecule has 2 aromatic heterocycles. The Hall–Kier alpha value is -2.85. The molecule has 0 bridgehead atoms. The predicted octanol–water partition coefficient (Wildman–Crippen LogP) is 2.37. The number of anilines is 1. The molecule has 1 aliphatic rings. The second-order valence-electron chi connectivity index (χ2n) is 6.44. The Morgan fingerprint density at radius 3 is 2.83 bits per heavy atom. The smallest absolute Gasteiger partial charge is 0.276 e. The minimum atomic E-state index is -3.23. The van der Waals surface area contributed by atoms with Crippen molar-refractivity contribution in [1.82, 2.24) is 19.3 Å². The van der Waals surface area contributed by atoms with Crippen LogP contribution in [0, 0.1) is 6.92 Å². The zero-order chi connectivity index (χ0) is 21.0. The van der Waals surface area contributed by atoms with Crippen molar-refractivity contribution >= 4 is 27.2 Å². The van der Waals surface area contributed by atoms with Gasteiger partial charge >= 0.3 is 0 Å². The van der Waals surface area contributed by atoms with Crippen molar-refractivity contribution in [3.8, 4) is 5.88 Å². The molecule has 0 atom stereocenters. The Morgan fingerprint density at radius 1 is 1.38 bits per heavy atom. The van der Waals surface area contributed by atoms with Crippen LogP contribution < -0.4 is 10.1 Å². The molecule has 3 rings (SSSR count).